The zero-order valence-electron chi connectivity index (χ0n) is 20.0. The van der Waals surface area contributed by atoms with E-state index in [1.54, 1.807) is 30.3 Å². The van der Waals surface area contributed by atoms with Crippen LogP contribution >= 0.6 is 0 Å². The molecule has 1 aliphatic rings. The van der Waals surface area contributed by atoms with Crippen LogP contribution in [0.2, 0.25) is 0 Å². The second-order valence-corrected chi connectivity index (χ2v) is 8.63. The number of aryl methyl sites for hydroxylation is 1. The van der Waals surface area contributed by atoms with Gasteiger partial charge in [-0.05, 0) is 55.0 Å². The quantitative estimate of drug-likeness (QED) is 0.398. The van der Waals surface area contributed by atoms with E-state index in [-0.39, 0.29) is 36.2 Å². The molecule has 2 aromatic rings. The van der Waals surface area contributed by atoms with Crippen molar-refractivity contribution in [1.29, 1.82) is 5.26 Å². The maximum absolute atomic E-state index is 13.0. The van der Waals surface area contributed by atoms with Gasteiger partial charge in [0.05, 0.1) is 31.1 Å². The van der Waals surface area contributed by atoms with Crippen LogP contribution in [0.15, 0.2) is 60.7 Å². The fraction of sp³-hybridized carbons (Fsp3) is 0.357. The van der Waals surface area contributed by atoms with Gasteiger partial charge in [-0.2, -0.15) is 5.26 Å². The number of hydrogen-bond donors (Lipinski definition) is 1. The molecule has 1 heterocycles. The number of esters is 1. The van der Waals surface area contributed by atoms with Crippen molar-refractivity contribution >= 4 is 23.9 Å². The second kappa shape index (κ2) is 13.1. The number of benzene rings is 2. The van der Waals surface area contributed by atoms with Gasteiger partial charge in [-0.1, -0.05) is 42.5 Å². The van der Waals surface area contributed by atoms with Gasteiger partial charge in [0.25, 0.3) is 0 Å². The van der Waals surface area contributed by atoms with Crippen LogP contribution in [0.5, 0.6) is 0 Å². The molecule has 0 spiro atoms. The average Bonchev–Trinajstić information content (AvgIpc) is 3.17. The van der Waals surface area contributed by atoms with Gasteiger partial charge >= 0.3 is 5.97 Å². The van der Waals surface area contributed by atoms with E-state index in [1.807, 2.05) is 23.1 Å². The molecule has 1 N–H and O–H groups in total. The first-order valence-electron chi connectivity index (χ1n) is 11.9. The molecular formula is C28H31N3O4. The summed E-state index contributed by atoms with van der Waals surface area (Å²) in [5, 5.41) is 11.7. The van der Waals surface area contributed by atoms with Crippen molar-refractivity contribution in [3.8, 4) is 6.07 Å². The van der Waals surface area contributed by atoms with E-state index in [9.17, 15) is 14.4 Å². The molecule has 0 saturated carbocycles. The molecule has 0 unspecified atom stereocenters. The molecule has 0 radical (unpaired) electrons. The SMILES string of the molecule is COC(=O)C[C@@H]1C[C@@H](CCNC(=O)/C=C/c2ccc(C#N)cc2)N(CCCc2ccccc2)C1=O. The number of nitrogens with one attached hydrogen (secondary N) is 1. The minimum atomic E-state index is -0.380. The normalized spacial score (nSPS) is 17.4. The minimum Gasteiger partial charge on any atom is -0.469 e. The van der Waals surface area contributed by atoms with Gasteiger partial charge in [-0.15, -0.1) is 0 Å². The number of nitriles is 1. The summed E-state index contributed by atoms with van der Waals surface area (Å²) in [4.78, 5) is 38.9. The van der Waals surface area contributed by atoms with Gasteiger partial charge < -0.3 is 15.0 Å². The summed E-state index contributed by atoms with van der Waals surface area (Å²) in [6.45, 7) is 1.04. The molecule has 3 rings (SSSR count). The standard InChI is InChI=1S/C28H31N3O4/c1-35-27(33)19-24-18-25(31(28(24)34)17-5-8-21-6-3-2-4-7-21)15-16-30-26(32)14-13-22-9-11-23(20-29)12-10-22/h2-4,6-7,9-14,24-25H,5,8,15-19H2,1H3,(H,30,32)/b14-13+/t24-,25+/m0/s1. The van der Waals surface area contributed by atoms with Crippen molar-refractivity contribution in [1.82, 2.24) is 10.2 Å². The van der Waals surface area contributed by atoms with Crippen molar-refractivity contribution < 1.29 is 19.1 Å². The number of carbonyl (C=O) groups excluding carboxylic acids is 3. The molecule has 2 aromatic carbocycles. The van der Waals surface area contributed by atoms with E-state index < -0.39 is 0 Å². The van der Waals surface area contributed by atoms with E-state index in [2.05, 4.69) is 23.5 Å². The first-order chi connectivity index (χ1) is 17.0. The van der Waals surface area contributed by atoms with Gasteiger partial charge in [-0.25, -0.2) is 0 Å². The summed E-state index contributed by atoms with van der Waals surface area (Å²) in [6.07, 6.45) is 6.13. The molecule has 2 atom stereocenters. The van der Waals surface area contributed by atoms with Crippen molar-refractivity contribution in [2.45, 2.75) is 38.1 Å². The Morgan fingerprint density at radius 2 is 1.91 bits per heavy atom. The van der Waals surface area contributed by atoms with Gasteiger partial charge in [0.1, 0.15) is 0 Å². The molecule has 182 valence electrons. The van der Waals surface area contributed by atoms with Crippen LogP contribution in [0.3, 0.4) is 0 Å². The Bertz CT molecular complexity index is 1070. The highest BCUT2D eigenvalue weighted by molar-refractivity contribution is 5.91. The minimum absolute atomic E-state index is 0.0134. The summed E-state index contributed by atoms with van der Waals surface area (Å²) in [5.74, 6) is -0.994. The van der Waals surface area contributed by atoms with Crippen LogP contribution in [0, 0.1) is 17.2 Å². The van der Waals surface area contributed by atoms with Crippen molar-refractivity contribution in [3.05, 3.63) is 77.4 Å². The first-order valence-corrected chi connectivity index (χ1v) is 11.9. The molecule has 0 bridgehead atoms. The lowest BCUT2D eigenvalue weighted by molar-refractivity contribution is -0.144. The first kappa shape index (κ1) is 25.7. The van der Waals surface area contributed by atoms with E-state index in [0.29, 0.717) is 31.5 Å². The zero-order chi connectivity index (χ0) is 25.0. The summed E-state index contributed by atoms with van der Waals surface area (Å²) in [5.41, 5.74) is 2.62. The van der Waals surface area contributed by atoms with Crippen LogP contribution in [-0.2, 0) is 25.5 Å². The Morgan fingerprint density at radius 3 is 2.60 bits per heavy atom. The smallest absolute Gasteiger partial charge is 0.306 e. The Hall–Kier alpha value is -3.92. The lowest BCUT2D eigenvalue weighted by Gasteiger charge is -2.25. The third-order valence-electron chi connectivity index (χ3n) is 6.22. The molecule has 1 aliphatic heterocycles. The van der Waals surface area contributed by atoms with E-state index in [4.69, 9.17) is 10.00 Å². The Balaban J connectivity index is 1.52. The number of hydrogen-bond acceptors (Lipinski definition) is 5. The van der Waals surface area contributed by atoms with Crippen molar-refractivity contribution in [2.75, 3.05) is 20.2 Å². The summed E-state index contributed by atoms with van der Waals surface area (Å²) in [6, 6.07) is 19.1. The molecule has 7 nitrogen and oxygen atoms in total. The third-order valence-corrected chi connectivity index (χ3v) is 6.22. The number of methoxy groups -OCH3 is 1. The van der Waals surface area contributed by atoms with Crippen molar-refractivity contribution in [3.63, 3.8) is 0 Å². The number of nitrogens with zero attached hydrogens (tertiary/aromatic N) is 2. The third kappa shape index (κ3) is 7.82. The Labute approximate surface area is 206 Å². The molecule has 2 amide bonds. The van der Waals surface area contributed by atoms with Gasteiger partial charge in [0.2, 0.25) is 11.8 Å². The predicted molar refractivity (Wildman–Crippen MR) is 133 cm³/mol. The largest absolute Gasteiger partial charge is 0.469 e. The topological polar surface area (TPSA) is 99.5 Å². The predicted octanol–water partition coefficient (Wildman–Crippen LogP) is 3.49. The Kier molecular flexibility index (Phi) is 9.61. The van der Waals surface area contributed by atoms with Crippen molar-refractivity contribution in [2.24, 2.45) is 5.92 Å². The molecule has 1 fully saturated rings. The monoisotopic (exact) mass is 473 g/mol. The number of amides is 2. The molecule has 0 aromatic heterocycles. The number of ether oxygens (including phenoxy) is 1. The number of rotatable bonds is 11. The van der Waals surface area contributed by atoms with Crippen LogP contribution in [0.4, 0.5) is 0 Å². The number of likely N-dealkylation sites (tertiary alicyclic amines) is 1. The summed E-state index contributed by atoms with van der Waals surface area (Å²) < 4.78 is 4.77. The van der Waals surface area contributed by atoms with E-state index >= 15 is 0 Å². The molecule has 35 heavy (non-hydrogen) atoms. The summed E-state index contributed by atoms with van der Waals surface area (Å²) >= 11 is 0. The fourth-order valence-electron chi connectivity index (χ4n) is 4.35. The van der Waals surface area contributed by atoms with Crippen LogP contribution in [0.1, 0.15) is 42.4 Å². The Morgan fingerprint density at radius 1 is 1.17 bits per heavy atom. The summed E-state index contributed by atoms with van der Waals surface area (Å²) in [7, 11) is 1.33. The molecule has 0 aliphatic carbocycles. The molecule has 1 saturated heterocycles. The average molecular weight is 474 g/mol. The van der Waals surface area contributed by atoms with Gasteiger partial charge in [0, 0.05) is 25.2 Å². The van der Waals surface area contributed by atoms with Gasteiger partial charge in [-0.3, -0.25) is 14.4 Å². The lowest BCUT2D eigenvalue weighted by atomic mass is 10.00. The van der Waals surface area contributed by atoms with Crippen LogP contribution in [0.25, 0.3) is 6.08 Å². The van der Waals surface area contributed by atoms with E-state index in [0.717, 1.165) is 18.4 Å². The maximum Gasteiger partial charge on any atom is 0.306 e. The van der Waals surface area contributed by atoms with Gasteiger partial charge in [0.15, 0.2) is 0 Å². The highest BCUT2D eigenvalue weighted by Gasteiger charge is 2.39. The van der Waals surface area contributed by atoms with Crippen LogP contribution < -0.4 is 5.32 Å². The highest BCUT2D eigenvalue weighted by Crippen LogP contribution is 2.29. The van der Waals surface area contributed by atoms with E-state index in [1.165, 1.54) is 18.7 Å². The number of carbonyl (C=O) groups is 3. The van der Waals surface area contributed by atoms with Crippen LogP contribution in [-0.4, -0.2) is 48.9 Å². The molecule has 7 heteroatoms. The second-order valence-electron chi connectivity index (χ2n) is 8.63. The fourth-order valence-corrected chi connectivity index (χ4v) is 4.35. The zero-order valence-corrected chi connectivity index (χ0v) is 20.0. The maximum atomic E-state index is 13.0. The molecular weight excluding hydrogens is 442 g/mol. The lowest BCUT2D eigenvalue weighted by Crippen LogP contribution is -2.37. The highest BCUT2D eigenvalue weighted by atomic mass is 16.5.